The van der Waals surface area contributed by atoms with Gasteiger partial charge >= 0.3 is 0 Å². The third-order valence-corrected chi connectivity index (χ3v) is 31.5. The molecule has 0 spiro atoms. The number of benzene rings is 20. The van der Waals surface area contributed by atoms with E-state index in [1.807, 2.05) is 199 Å². The molecule has 0 saturated heterocycles. The summed E-state index contributed by atoms with van der Waals surface area (Å²) in [6.07, 6.45) is 0. The van der Waals surface area contributed by atoms with E-state index >= 15 is 0 Å². The number of thiophene rings is 2. The average molecular weight is 1950 g/mol. The fourth-order valence-corrected chi connectivity index (χ4v) is 25.2. The minimum Gasteiger partial charge on any atom is -0.456 e. The summed E-state index contributed by atoms with van der Waals surface area (Å²) in [5, 5.41) is 24.0. The van der Waals surface area contributed by atoms with Crippen LogP contribution in [0, 0.1) is 0 Å². The predicted octanol–water partition coefficient (Wildman–Crippen LogP) is 35.0. The molecule has 34 rings (SSSR count). The van der Waals surface area contributed by atoms with Gasteiger partial charge in [-0.25, -0.2) is 15.0 Å². The Morgan fingerprint density at radius 3 is 0.745 bits per heavy atom. The van der Waals surface area contributed by atoms with E-state index in [0.29, 0.717) is 52.8 Å². The van der Waals surface area contributed by atoms with Crippen LogP contribution in [0.3, 0.4) is 0 Å². The molecule has 14 aromatic heterocycles. The Morgan fingerprint density at radius 2 is 0.383 bits per heavy atom. The zero-order valence-electron chi connectivity index (χ0n) is 78.5. The van der Waals surface area contributed by atoms with E-state index in [9.17, 15) is 0 Å². The summed E-state index contributed by atoms with van der Waals surface area (Å²) in [5.74, 6) is 5.12. The maximum atomic E-state index is 6.35. The Kier molecular flexibility index (Phi) is 17.9. The molecule has 20 heteroatoms. The molecule has 34 aromatic rings. The van der Waals surface area contributed by atoms with Gasteiger partial charge in [-0.1, -0.05) is 291 Å². The van der Waals surface area contributed by atoms with Crippen LogP contribution in [0.2, 0.25) is 0 Å². The summed E-state index contributed by atoms with van der Waals surface area (Å²) in [6.45, 7) is 0. The molecular formula is C129H70N12O6S2. The molecule has 694 valence electrons. The summed E-state index contributed by atoms with van der Waals surface area (Å²) in [6, 6.07) is 145. The second-order valence-corrected chi connectivity index (χ2v) is 39.6. The van der Waals surface area contributed by atoms with Crippen LogP contribution in [-0.4, -0.2) is 58.6 Å². The van der Waals surface area contributed by atoms with Crippen LogP contribution in [0.15, 0.2) is 451 Å². The van der Waals surface area contributed by atoms with Crippen molar-refractivity contribution in [1.82, 2.24) is 58.6 Å². The molecule has 0 aliphatic rings. The summed E-state index contributed by atoms with van der Waals surface area (Å²) in [7, 11) is 0. The van der Waals surface area contributed by atoms with Crippen molar-refractivity contribution in [3.05, 3.63) is 425 Å². The van der Waals surface area contributed by atoms with Gasteiger partial charge in [0.2, 0.25) is 17.8 Å². The second kappa shape index (κ2) is 32.3. The van der Waals surface area contributed by atoms with Crippen molar-refractivity contribution in [3.63, 3.8) is 0 Å². The maximum absolute atomic E-state index is 6.35. The molecule has 14 heterocycles. The number of para-hydroxylation sites is 9. The van der Waals surface area contributed by atoms with Gasteiger partial charge in [-0.3, -0.25) is 13.7 Å². The standard InChI is InChI=1S/C45H24N4O3.C45H24N4OS2.C39H22N4O2/c1-5-17-31-25(11-1)41-32(23-24-38-42(41)28-14-4-8-20-35(28)52-38)49(31)45-47-43(29-15-9-21-36-39(29)26-12-2-6-18-33(26)50-36)46-44(48-45)30-16-10-22-37-40(30)27-13-3-7-19-34(27)51-37;1-5-17-31-25(11-1)41-32(23-24-38-42(41)28-14-4-8-21-36(28)52-38)49(31)45-47-43(29-15-9-19-34-39(29)26-12-2-6-18-33(26)50-34)46-44(48-45)30-16-10-22-37-40(30)27-13-3-7-20-35(27)51-37;1-2-11-23(12-3-1)37-40-38(27-16-10-20-32-34(27)25-14-5-8-18-30(25)44-32)42-39(41-37)43-28-17-7-4-13-24(28)35-29(43)21-22-33-36(35)26-15-6-9-19-31(26)45-33/h2*1-24H;1-22H. The van der Waals surface area contributed by atoms with E-state index in [1.54, 1.807) is 11.3 Å². The fourth-order valence-electron chi connectivity index (χ4n) is 23.0. The Labute approximate surface area is 849 Å². The first-order valence-corrected chi connectivity index (χ1v) is 50.9. The lowest BCUT2D eigenvalue weighted by molar-refractivity contribution is 0.668. The largest absolute Gasteiger partial charge is 0.456 e. The zero-order chi connectivity index (χ0) is 97.3. The Bertz CT molecular complexity index is 11000. The third-order valence-electron chi connectivity index (χ3n) is 29.2. The zero-order valence-corrected chi connectivity index (χ0v) is 80.2. The Hall–Kier alpha value is -19.9. The normalized spacial score (nSPS) is 12.2. The van der Waals surface area contributed by atoms with Gasteiger partial charge in [0.1, 0.15) is 67.0 Å². The number of furan rings is 6. The Morgan fingerprint density at radius 1 is 0.141 bits per heavy atom. The lowest BCUT2D eigenvalue weighted by Crippen LogP contribution is -2.06. The van der Waals surface area contributed by atoms with Crippen molar-refractivity contribution >= 4 is 260 Å². The lowest BCUT2D eigenvalue weighted by Gasteiger charge is -2.12. The van der Waals surface area contributed by atoms with Crippen molar-refractivity contribution in [3.8, 4) is 86.2 Å². The van der Waals surface area contributed by atoms with Crippen LogP contribution in [0.1, 0.15) is 0 Å². The number of rotatable bonds is 9. The van der Waals surface area contributed by atoms with Crippen LogP contribution in [-0.2, 0) is 0 Å². The van der Waals surface area contributed by atoms with Gasteiger partial charge in [-0.05, 0) is 133 Å². The highest BCUT2D eigenvalue weighted by Gasteiger charge is 2.31. The van der Waals surface area contributed by atoms with Crippen LogP contribution >= 0.6 is 22.7 Å². The molecule has 18 nitrogen and oxygen atoms in total. The molecule has 0 bridgehead atoms. The highest BCUT2D eigenvalue weighted by atomic mass is 32.1. The van der Waals surface area contributed by atoms with E-state index in [1.165, 1.54) is 45.7 Å². The summed E-state index contributed by atoms with van der Waals surface area (Å²) in [5.41, 5.74) is 21.3. The van der Waals surface area contributed by atoms with Crippen molar-refractivity contribution in [2.45, 2.75) is 0 Å². The highest BCUT2D eigenvalue weighted by molar-refractivity contribution is 7.26. The van der Waals surface area contributed by atoms with Gasteiger partial charge in [0.05, 0.1) is 33.1 Å². The molecule has 0 N–H and O–H groups in total. The van der Waals surface area contributed by atoms with Gasteiger partial charge in [0.15, 0.2) is 34.9 Å². The van der Waals surface area contributed by atoms with E-state index in [0.717, 1.165) is 225 Å². The maximum Gasteiger partial charge on any atom is 0.238 e. The lowest BCUT2D eigenvalue weighted by atomic mass is 10.0. The quantitative estimate of drug-likeness (QED) is 0.132. The van der Waals surface area contributed by atoms with Crippen LogP contribution in [0.5, 0.6) is 0 Å². The van der Waals surface area contributed by atoms with Crippen molar-refractivity contribution in [2.24, 2.45) is 0 Å². The van der Waals surface area contributed by atoms with Gasteiger partial charge in [0, 0.05) is 171 Å². The SMILES string of the molecule is c1ccc(-c2nc(-c3cccc4oc5ccccc5c34)nc(-n3c4ccccc4c4c5c(ccc43)oc3ccccc35)n2)cc1.c1ccc2c(c1)oc1cccc(-c3nc(-c4cccc5oc6ccccc6c45)nc(-n4c5ccccc5c5c6c(ccc54)oc4ccccc46)n3)c12.c1ccc2c(c1)oc1cccc(-c3nc(-c4cccc5sc6ccccc6c45)nc(-n4c5ccccc5c5c6c(ccc54)sc4ccccc46)n3)c12. The van der Waals surface area contributed by atoms with E-state index in [4.69, 9.17) is 71.4 Å². The molecule has 0 fully saturated rings. The number of fused-ring (bicyclic) bond motifs is 36. The first kappa shape index (κ1) is 82.6. The summed E-state index contributed by atoms with van der Waals surface area (Å²) < 4.78 is 49.3. The number of nitrogens with zero attached hydrogens (tertiary/aromatic N) is 12. The third kappa shape index (κ3) is 12.6. The minimum absolute atomic E-state index is 0.507. The van der Waals surface area contributed by atoms with Gasteiger partial charge in [-0.2, -0.15) is 29.9 Å². The van der Waals surface area contributed by atoms with Crippen LogP contribution < -0.4 is 0 Å². The average Bonchev–Trinajstić information content (AvgIpc) is 1.56. The van der Waals surface area contributed by atoms with Crippen molar-refractivity contribution in [2.75, 3.05) is 0 Å². The molecule has 0 aliphatic carbocycles. The highest BCUT2D eigenvalue weighted by Crippen LogP contribution is 2.51. The molecule has 0 atom stereocenters. The van der Waals surface area contributed by atoms with E-state index < -0.39 is 0 Å². The molecular weight excluding hydrogens is 1880 g/mol. The number of hydrogen-bond donors (Lipinski definition) is 0. The van der Waals surface area contributed by atoms with Gasteiger partial charge in [0.25, 0.3) is 0 Å². The Balaban J connectivity index is 0.0000000992. The van der Waals surface area contributed by atoms with E-state index in [2.05, 4.69) is 250 Å². The molecule has 149 heavy (non-hydrogen) atoms. The van der Waals surface area contributed by atoms with Gasteiger partial charge < -0.3 is 26.5 Å². The smallest absolute Gasteiger partial charge is 0.238 e. The number of aromatic nitrogens is 12. The van der Waals surface area contributed by atoms with E-state index in [-0.39, 0.29) is 0 Å². The molecule has 0 radical (unpaired) electrons. The molecule has 0 amide bonds. The molecule has 0 unspecified atom stereocenters. The first-order valence-electron chi connectivity index (χ1n) is 49.3. The summed E-state index contributed by atoms with van der Waals surface area (Å²) in [4.78, 5) is 47.4. The second-order valence-electron chi connectivity index (χ2n) is 37.4. The van der Waals surface area contributed by atoms with Gasteiger partial charge in [-0.15, -0.1) is 22.7 Å². The first-order chi connectivity index (χ1) is 73.9. The predicted molar refractivity (Wildman–Crippen MR) is 605 cm³/mol. The fraction of sp³-hybridized carbons (Fsp3) is 0. The summed E-state index contributed by atoms with van der Waals surface area (Å²) >= 11 is 3.63. The van der Waals surface area contributed by atoms with Crippen LogP contribution in [0.25, 0.3) is 324 Å². The molecule has 20 aromatic carbocycles. The molecule has 0 saturated carbocycles. The van der Waals surface area contributed by atoms with Crippen molar-refractivity contribution < 1.29 is 26.5 Å². The number of hydrogen-bond acceptors (Lipinski definition) is 17. The topological polar surface area (TPSA) is 210 Å². The van der Waals surface area contributed by atoms with Crippen molar-refractivity contribution in [1.29, 1.82) is 0 Å². The molecule has 0 aliphatic heterocycles. The minimum atomic E-state index is 0.507. The van der Waals surface area contributed by atoms with Crippen LogP contribution in [0.4, 0.5) is 0 Å². The monoisotopic (exact) mass is 1950 g/mol.